The molecule has 0 aliphatic carbocycles. The van der Waals surface area contributed by atoms with Crippen LogP contribution < -0.4 is 24.8 Å². The molecule has 1 heterocycles. The lowest BCUT2D eigenvalue weighted by molar-refractivity contribution is -0.0505. The Balaban J connectivity index is 0.00000420. The van der Waals surface area contributed by atoms with Crippen LogP contribution in [0.1, 0.15) is 18.4 Å². The zero-order chi connectivity index (χ0) is 20.2. The standard InChI is InChI=1S/C18H27F2N3O5.HI/c1-21-18(22-5-3-4-6-25-8-7-24-2)23-11-13-9-15-16(27-12-26-15)10-14(13)28-17(19)20;/h9-10,17H,3-8,11-12H2,1-2H3,(H2,21,22,23);1H. The van der Waals surface area contributed by atoms with Crippen molar-refractivity contribution in [1.82, 2.24) is 10.6 Å². The summed E-state index contributed by atoms with van der Waals surface area (Å²) in [7, 11) is 3.28. The number of halogens is 3. The molecule has 11 heteroatoms. The molecule has 2 N–H and O–H groups in total. The van der Waals surface area contributed by atoms with Crippen molar-refractivity contribution < 1.29 is 32.5 Å². The monoisotopic (exact) mass is 531 g/mol. The molecule has 1 aliphatic rings. The van der Waals surface area contributed by atoms with Crippen molar-refractivity contribution in [3.8, 4) is 17.2 Å². The highest BCUT2D eigenvalue weighted by Crippen LogP contribution is 2.38. The Morgan fingerprint density at radius 2 is 1.90 bits per heavy atom. The number of aliphatic imine (C=N–C) groups is 1. The van der Waals surface area contributed by atoms with Crippen LogP contribution >= 0.6 is 24.0 Å². The Labute approximate surface area is 186 Å². The van der Waals surface area contributed by atoms with Gasteiger partial charge >= 0.3 is 6.61 Å². The quantitative estimate of drug-likeness (QED) is 0.186. The van der Waals surface area contributed by atoms with E-state index in [2.05, 4.69) is 20.4 Å². The van der Waals surface area contributed by atoms with Crippen LogP contribution in [0, 0.1) is 0 Å². The van der Waals surface area contributed by atoms with E-state index in [4.69, 9.17) is 18.9 Å². The van der Waals surface area contributed by atoms with E-state index in [9.17, 15) is 8.78 Å². The van der Waals surface area contributed by atoms with Gasteiger partial charge in [-0.2, -0.15) is 8.78 Å². The van der Waals surface area contributed by atoms with Crippen molar-refractivity contribution in [2.75, 3.05) is 47.3 Å². The van der Waals surface area contributed by atoms with Gasteiger partial charge in [-0.3, -0.25) is 4.99 Å². The van der Waals surface area contributed by atoms with Crippen LogP contribution in [0.5, 0.6) is 17.2 Å². The second kappa shape index (κ2) is 14.4. The molecule has 0 aromatic heterocycles. The first-order valence-electron chi connectivity index (χ1n) is 9.02. The van der Waals surface area contributed by atoms with Crippen LogP contribution in [0.3, 0.4) is 0 Å². The minimum Gasteiger partial charge on any atom is -0.454 e. The summed E-state index contributed by atoms with van der Waals surface area (Å²) in [6.45, 7) is -0.0885. The highest BCUT2D eigenvalue weighted by Gasteiger charge is 2.20. The van der Waals surface area contributed by atoms with Gasteiger partial charge in [-0.05, 0) is 18.9 Å². The molecule has 0 spiro atoms. The third kappa shape index (κ3) is 9.17. The maximum Gasteiger partial charge on any atom is 0.387 e. The minimum atomic E-state index is -2.93. The molecule has 8 nitrogen and oxygen atoms in total. The summed E-state index contributed by atoms with van der Waals surface area (Å²) in [6, 6.07) is 3.03. The number of nitrogens with zero attached hydrogens (tertiary/aromatic N) is 1. The van der Waals surface area contributed by atoms with E-state index >= 15 is 0 Å². The molecular weight excluding hydrogens is 503 g/mol. The molecule has 0 atom stereocenters. The first-order valence-corrected chi connectivity index (χ1v) is 9.02. The highest BCUT2D eigenvalue weighted by molar-refractivity contribution is 14.0. The number of fused-ring (bicyclic) bond motifs is 1. The number of methoxy groups -OCH3 is 1. The zero-order valence-electron chi connectivity index (χ0n) is 16.5. The Morgan fingerprint density at radius 1 is 1.14 bits per heavy atom. The molecule has 166 valence electrons. The zero-order valence-corrected chi connectivity index (χ0v) is 18.9. The molecule has 0 amide bonds. The lowest BCUT2D eigenvalue weighted by atomic mass is 10.1. The van der Waals surface area contributed by atoms with E-state index in [0.29, 0.717) is 49.4 Å². The summed E-state index contributed by atoms with van der Waals surface area (Å²) in [5, 5.41) is 6.25. The molecule has 0 unspecified atom stereocenters. The lowest BCUT2D eigenvalue weighted by Crippen LogP contribution is -2.37. The van der Waals surface area contributed by atoms with E-state index in [1.165, 1.54) is 6.07 Å². The van der Waals surface area contributed by atoms with Crippen LogP contribution in [0.25, 0.3) is 0 Å². The molecule has 0 fully saturated rings. The number of hydrogen-bond donors (Lipinski definition) is 2. The van der Waals surface area contributed by atoms with Crippen molar-refractivity contribution in [3.05, 3.63) is 17.7 Å². The molecule has 0 saturated carbocycles. The van der Waals surface area contributed by atoms with Crippen LogP contribution in [0.2, 0.25) is 0 Å². The first-order chi connectivity index (χ1) is 13.6. The van der Waals surface area contributed by atoms with Crippen LogP contribution in [-0.2, 0) is 16.0 Å². The van der Waals surface area contributed by atoms with Crippen molar-refractivity contribution in [2.24, 2.45) is 4.99 Å². The van der Waals surface area contributed by atoms with Gasteiger partial charge in [0.2, 0.25) is 6.79 Å². The van der Waals surface area contributed by atoms with Crippen LogP contribution in [0.4, 0.5) is 8.78 Å². The summed E-state index contributed by atoms with van der Waals surface area (Å²) >= 11 is 0. The summed E-state index contributed by atoms with van der Waals surface area (Å²) in [5.41, 5.74) is 0.513. The average Bonchev–Trinajstić information content (AvgIpc) is 3.13. The maximum absolute atomic E-state index is 12.7. The van der Waals surface area contributed by atoms with Crippen molar-refractivity contribution >= 4 is 29.9 Å². The summed E-state index contributed by atoms with van der Waals surface area (Å²) in [4.78, 5) is 4.13. The fraction of sp³-hybridized carbons (Fsp3) is 0.611. The first kappa shape index (κ1) is 25.4. The molecule has 0 saturated heterocycles. The SMILES string of the molecule is CN=C(NCCCCOCCOC)NCc1cc2c(cc1OC(F)F)OCO2.I. The van der Waals surface area contributed by atoms with Gasteiger partial charge < -0.3 is 34.3 Å². The second-order valence-electron chi connectivity index (χ2n) is 5.86. The molecule has 2 rings (SSSR count). The lowest BCUT2D eigenvalue weighted by Gasteiger charge is -2.15. The van der Waals surface area contributed by atoms with Gasteiger partial charge in [0.05, 0.1) is 13.2 Å². The molecule has 1 aromatic carbocycles. The number of benzene rings is 1. The van der Waals surface area contributed by atoms with Gasteiger partial charge in [-0.25, -0.2) is 0 Å². The number of guanidine groups is 1. The van der Waals surface area contributed by atoms with E-state index < -0.39 is 6.61 Å². The Hall–Kier alpha value is -1.60. The number of unbranched alkanes of at least 4 members (excludes halogenated alkanes) is 1. The van der Waals surface area contributed by atoms with Crippen molar-refractivity contribution in [1.29, 1.82) is 0 Å². The second-order valence-corrected chi connectivity index (χ2v) is 5.86. The predicted molar refractivity (Wildman–Crippen MR) is 115 cm³/mol. The Bertz CT molecular complexity index is 638. The van der Waals surface area contributed by atoms with Gasteiger partial charge in [0.15, 0.2) is 17.5 Å². The third-order valence-electron chi connectivity index (χ3n) is 3.88. The molecule has 0 radical (unpaired) electrons. The summed E-state index contributed by atoms with van der Waals surface area (Å²) in [6.07, 6.45) is 1.81. The smallest absolute Gasteiger partial charge is 0.387 e. The number of nitrogens with one attached hydrogen (secondary N) is 2. The number of rotatable bonds is 12. The van der Waals surface area contributed by atoms with Crippen molar-refractivity contribution in [2.45, 2.75) is 26.0 Å². The van der Waals surface area contributed by atoms with E-state index in [1.54, 1.807) is 20.2 Å². The Kier molecular flexibility index (Phi) is 12.6. The van der Waals surface area contributed by atoms with E-state index in [1.807, 2.05) is 0 Å². The summed E-state index contributed by atoms with van der Waals surface area (Å²) < 4.78 is 50.8. The van der Waals surface area contributed by atoms with Gasteiger partial charge in [0.1, 0.15) is 5.75 Å². The van der Waals surface area contributed by atoms with Gasteiger partial charge in [0.25, 0.3) is 0 Å². The highest BCUT2D eigenvalue weighted by atomic mass is 127. The number of ether oxygens (including phenoxy) is 5. The maximum atomic E-state index is 12.7. The fourth-order valence-corrected chi connectivity index (χ4v) is 2.49. The summed E-state index contributed by atoms with van der Waals surface area (Å²) in [5.74, 6) is 1.47. The van der Waals surface area contributed by atoms with E-state index in [0.717, 1.165) is 12.8 Å². The van der Waals surface area contributed by atoms with E-state index in [-0.39, 0.29) is 43.1 Å². The number of alkyl halides is 2. The van der Waals surface area contributed by atoms with Gasteiger partial charge in [0, 0.05) is 45.5 Å². The molecule has 1 aliphatic heterocycles. The molecule has 1 aromatic rings. The average molecular weight is 531 g/mol. The molecule has 29 heavy (non-hydrogen) atoms. The van der Waals surface area contributed by atoms with Crippen LogP contribution in [0.15, 0.2) is 17.1 Å². The third-order valence-corrected chi connectivity index (χ3v) is 3.88. The molecular formula is C18H28F2IN3O5. The Morgan fingerprint density at radius 3 is 2.59 bits per heavy atom. The largest absolute Gasteiger partial charge is 0.454 e. The topological polar surface area (TPSA) is 82.6 Å². The predicted octanol–water partition coefficient (Wildman–Crippen LogP) is 2.74. The molecule has 0 bridgehead atoms. The fourth-order valence-electron chi connectivity index (χ4n) is 2.49. The van der Waals surface area contributed by atoms with Gasteiger partial charge in [-0.15, -0.1) is 24.0 Å². The minimum absolute atomic E-state index is 0. The van der Waals surface area contributed by atoms with Crippen LogP contribution in [-0.4, -0.2) is 59.9 Å². The van der Waals surface area contributed by atoms with Gasteiger partial charge in [-0.1, -0.05) is 0 Å². The van der Waals surface area contributed by atoms with Crippen molar-refractivity contribution in [3.63, 3.8) is 0 Å². The number of hydrogen-bond acceptors (Lipinski definition) is 6. The normalized spacial score (nSPS) is 12.7.